The SMILES string of the molecule is Cc1ccc(-n2nccn2)c(C(=O)N2[C@H](C)CON(C(=O)OCc3ccccc3)C[C@@H]2C)c1. The van der Waals surface area contributed by atoms with Crippen LogP contribution in [0.25, 0.3) is 5.69 Å². The van der Waals surface area contributed by atoms with Gasteiger partial charge < -0.3 is 9.64 Å². The highest BCUT2D eigenvalue weighted by molar-refractivity contribution is 5.98. The third-order valence-corrected chi connectivity index (χ3v) is 5.51. The van der Waals surface area contributed by atoms with E-state index in [9.17, 15) is 9.59 Å². The molecule has 2 atom stereocenters. The summed E-state index contributed by atoms with van der Waals surface area (Å²) in [7, 11) is 0. The fraction of sp³-hybridized carbons (Fsp3) is 0.333. The lowest BCUT2D eigenvalue weighted by Crippen LogP contribution is -2.47. The van der Waals surface area contributed by atoms with E-state index < -0.39 is 6.09 Å². The second-order valence-electron chi connectivity index (χ2n) is 8.15. The molecule has 1 aliphatic rings. The van der Waals surface area contributed by atoms with Crippen LogP contribution in [0.4, 0.5) is 4.79 Å². The number of ether oxygens (including phenoxy) is 1. The standard InChI is InChI=1S/C24H27N5O4/c1-17-9-10-22(29-25-11-12-26-29)21(13-17)23(30)28-18(2)14-27(33-15-19(28)3)24(31)32-16-20-7-5-4-6-8-20/h4-13,18-19H,14-16H2,1-3H3/t18-,19+/m0/s1. The first-order chi connectivity index (χ1) is 15.9. The molecule has 9 heteroatoms. The Kier molecular flexibility index (Phi) is 6.69. The summed E-state index contributed by atoms with van der Waals surface area (Å²) in [5, 5.41) is 9.56. The number of rotatable bonds is 4. The number of carbonyl (C=O) groups is 2. The predicted molar refractivity (Wildman–Crippen MR) is 120 cm³/mol. The van der Waals surface area contributed by atoms with Crippen molar-refractivity contribution in [1.29, 1.82) is 0 Å². The van der Waals surface area contributed by atoms with E-state index >= 15 is 0 Å². The van der Waals surface area contributed by atoms with E-state index in [1.165, 1.54) is 9.86 Å². The average molecular weight is 450 g/mol. The molecule has 0 aliphatic carbocycles. The monoisotopic (exact) mass is 449 g/mol. The van der Waals surface area contributed by atoms with Crippen LogP contribution in [0.2, 0.25) is 0 Å². The number of aryl methyl sites for hydroxylation is 1. The number of hydrogen-bond donors (Lipinski definition) is 0. The van der Waals surface area contributed by atoms with Crippen LogP contribution in [0.3, 0.4) is 0 Å². The largest absolute Gasteiger partial charge is 0.443 e. The van der Waals surface area contributed by atoms with Gasteiger partial charge in [0.1, 0.15) is 6.61 Å². The Morgan fingerprint density at radius 1 is 1.06 bits per heavy atom. The molecule has 0 saturated carbocycles. The smallest absolute Gasteiger partial charge is 0.434 e. The van der Waals surface area contributed by atoms with E-state index in [0.717, 1.165) is 11.1 Å². The minimum Gasteiger partial charge on any atom is -0.443 e. The fourth-order valence-corrected chi connectivity index (χ4v) is 3.89. The maximum atomic E-state index is 13.7. The van der Waals surface area contributed by atoms with Crippen molar-refractivity contribution in [3.8, 4) is 5.69 Å². The van der Waals surface area contributed by atoms with Gasteiger partial charge in [0.25, 0.3) is 5.91 Å². The molecule has 172 valence electrons. The zero-order valence-electron chi connectivity index (χ0n) is 18.9. The van der Waals surface area contributed by atoms with Crippen molar-refractivity contribution in [2.75, 3.05) is 13.2 Å². The van der Waals surface area contributed by atoms with Gasteiger partial charge in [-0.3, -0.25) is 9.63 Å². The Morgan fingerprint density at radius 3 is 2.52 bits per heavy atom. The number of carbonyl (C=O) groups excluding carboxylic acids is 2. The molecule has 3 aromatic rings. The zero-order chi connectivity index (χ0) is 23.4. The molecule has 1 fully saturated rings. The van der Waals surface area contributed by atoms with Gasteiger partial charge in [0.05, 0.1) is 42.8 Å². The maximum Gasteiger partial charge on any atom is 0.434 e. The molecule has 1 saturated heterocycles. The van der Waals surface area contributed by atoms with Crippen LogP contribution in [0.1, 0.15) is 35.3 Å². The molecule has 0 spiro atoms. The molecule has 4 rings (SSSR count). The van der Waals surface area contributed by atoms with E-state index in [1.807, 2.05) is 69.3 Å². The topological polar surface area (TPSA) is 89.8 Å². The second kappa shape index (κ2) is 9.83. The zero-order valence-corrected chi connectivity index (χ0v) is 18.9. The van der Waals surface area contributed by atoms with Crippen LogP contribution in [-0.4, -0.2) is 62.2 Å². The molecule has 33 heavy (non-hydrogen) atoms. The summed E-state index contributed by atoms with van der Waals surface area (Å²) >= 11 is 0. The van der Waals surface area contributed by atoms with Gasteiger partial charge in [0.2, 0.25) is 0 Å². The number of hydrogen-bond acceptors (Lipinski definition) is 6. The van der Waals surface area contributed by atoms with Gasteiger partial charge >= 0.3 is 6.09 Å². The molecule has 0 radical (unpaired) electrons. The highest BCUT2D eigenvalue weighted by Crippen LogP contribution is 2.23. The first-order valence-electron chi connectivity index (χ1n) is 10.8. The lowest BCUT2D eigenvalue weighted by molar-refractivity contribution is -0.133. The molecule has 1 aliphatic heterocycles. The maximum absolute atomic E-state index is 13.7. The highest BCUT2D eigenvalue weighted by Gasteiger charge is 2.35. The van der Waals surface area contributed by atoms with Gasteiger partial charge in [-0.25, -0.2) is 4.79 Å². The Balaban J connectivity index is 1.51. The van der Waals surface area contributed by atoms with Gasteiger partial charge in [-0.2, -0.15) is 20.1 Å². The van der Waals surface area contributed by atoms with Crippen molar-refractivity contribution >= 4 is 12.0 Å². The van der Waals surface area contributed by atoms with Crippen molar-refractivity contribution in [3.05, 3.63) is 77.6 Å². The van der Waals surface area contributed by atoms with Crippen molar-refractivity contribution in [2.45, 2.75) is 39.5 Å². The van der Waals surface area contributed by atoms with Crippen molar-refractivity contribution < 1.29 is 19.2 Å². The lowest BCUT2D eigenvalue weighted by Gasteiger charge is -2.32. The third-order valence-electron chi connectivity index (χ3n) is 5.51. The first-order valence-corrected chi connectivity index (χ1v) is 10.8. The van der Waals surface area contributed by atoms with Gasteiger partial charge in [-0.15, -0.1) is 0 Å². The molecule has 2 aromatic carbocycles. The Morgan fingerprint density at radius 2 is 1.79 bits per heavy atom. The Labute approximate surface area is 192 Å². The fourth-order valence-electron chi connectivity index (χ4n) is 3.89. The molecular weight excluding hydrogens is 422 g/mol. The molecule has 9 nitrogen and oxygen atoms in total. The van der Waals surface area contributed by atoms with E-state index in [-0.39, 0.29) is 37.7 Å². The number of amides is 2. The number of aromatic nitrogens is 3. The summed E-state index contributed by atoms with van der Waals surface area (Å²) in [5.74, 6) is -0.172. The Bertz CT molecular complexity index is 1100. The summed E-state index contributed by atoms with van der Waals surface area (Å²) in [6.07, 6.45) is 2.56. The highest BCUT2D eigenvalue weighted by atomic mass is 16.7. The van der Waals surface area contributed by atoms with Crippen LogP contribution < -0.4 is 0 Å². The third kappa shape index (κ3) is 5.04. The minimum absolute atomic E-state index is 0.148. The van der Waals surface area contributed by atoms with E-state index in [2.05, 4.69) is 10.2 Å². The molecule has 1 aromatic heterocycles. The summed E-state index contributed by atoms with van der Waals surface area (Å²) in [6, 6.07) is 14.5. The quantitative estimate of drug-likeness (QED) is 0.607. The normalized spacial score (nSPS) is 18.6. The lowest BCUT2D eigenvalue weighted by atomic mass is 10.1. The summed E-state index contributed by atoms with van der Waals surface area (Å²) in [6.45, 7) is 6.22. The van der Waals surface area contributed by atoms with Crippen molar-refractivity contribution in [1.82, 2.24) is 25.0 Å². The molecule has 0 N–H and O–H groups in total. The minimum atomic E-state index is -0.579. The van der Waals surface area contributed by atoms with Crippen molar-refractivity contribution in [3.63, 3.8) is 0 Å². The van der Waals surface area contributed by atoms with E-state index in [1.54, 1.807) is 17.3 Å². The number of nitrogens with zero attached hydrogens (tertiary/aromatic N) is 5. The van der Waals surface area contributed by atoms with Crippen LogP contribution in [0.15, 0.2) is 60.9 Å². The van der Waals surface area contributed by atoms with Gasteiger partial charge in [-0.1, -0.05) is 42.0 Å². The van der Waals surface area contributed by atoms with Gasteiger partial charge in [0.15, 0.2) is 0 Å². The first kappa shape index (κ1) is 22.5. The van der Waals surface area contributed by atoms with Crippen molar-refractivity contribution in [2.24, 2.45) is 0 Å². The van der Waals surface area contributed by atoms with E-state index in [0.29, 0.717) is 11.3 Å². The predicted octanol–water partition coefficient (Wildman–Crippen LogP) is 3.38. The van der Waals surface area contributed by atoms with Gasteiger partial charge in [-0.05, 0) is 38.5 Å². The summed E-state index contributed by atoms with van der Waals surface area (Å²) in [5.41, 5.74) is 2.93. The molecule has 2 heterocycles. The molecule has 2 amide bonds. The summed E-state index contributed by atoms with van der Waals surface area (Å²) < 4.78 is 5.41. The number of benzene rings is 2. The van der Waals surface area contributed by atoms with Crippen LogP contribution >= 0.6 is 0 Å². The van der Waals surface area contributed by atoms with Crippen LogP contribution in [-0.2, 0) is 16.2 Å². The molecular formula is C24H27N5O4. The second-order valence-corrected chi connectivity index (χ2v) is 8.15. The Hall–Kier alpha value is -3.72. The number of hydroxylamine groups is 2. The van der Waals surface area contributed by atoms with Crippen LogP contribution in [0.5, 0.6) is 0 Å². The summed E-state index contributed by atoms with van der Waals surface area (Å²) in [4.78, 5) is 35.2. The molecule has 0 unspecified atom stereocenters. The molecule has 0 bridgehead atoms. The average Bonchev–Trinajstić information content (AvgIpc) is 3.30. The van der Waals surface area contributed by atoms with Crippen LogP contribution in [0, 0.1) is 6.92 Å². The van der Waals surface area contributed by atoms with E-state index in [4.69, 9.17) is 9.57 Å². The van der Waals surface area contributed by atoms with Gasteiger partial charge in [0, 0.05) is 6.04 Å².